The highest BCUT2D eigenvalue weighted by atomic mass is 16.7. The van der Waals surface area contributed by atoms with Gasteiger partial charge in [0, 0.05) is 32.5 Å². The van der Waals surface area contributed by atoms with Gasteiger partial charge in [0.15, 0.2) is 5.79 Å². The highest BCUT2D eigenvalue weighted by Crippen LogP contribution is 2.38. The molecule has 0 radical (unpaired) electrons. The Bertz CT molecular complexity index is 548. The number of ether oxygens (including phenoxy) is 3. The fourth-order valence-electron chi connectivity index (χ4n) is 4.25. The van der Waals surface area contributed by atoms with E-state index in [2.05, 4.69) is 4.90 Å². The van der Waals surface area contributed by atoms with Crippen LogP contribution in [0.25, 0.3) is 0 Å². The molecule has 132 valence electrons. The largest absolute Gasteiger partial charge is 0.508 e. The molecule has 1 N–H and O–H groups in total. The zero-order valence-electron chi connectivity index (χ0n) is 14.2. The molecule has 2 saturated heterocycles. The second-order valence-corrected chi connectivity index (χ2v) is 7.26. The Balaban J connectivity index is 1.31. The summed E-state index contributed by atoms with van der Waals surface area (Å²) in [4.78, 5) is 2.51. The quantitative estimate of drug-likeness (QED) is 0.922. The average molecular weight is 333 g/mol. The number of phenols is 1. The van der Waals surface area contributed by atoms with E-state index in [4.69, 9.17) is 14.2 Å². The van der Waals surface area contributed by atoms with Crippen LogP contribution in [0, 0.1) is 5.92 Å². The molecule has 1 saturated carbocycles. The zero-order valence-corrected chi connectivity index (χ0v) is 14.2. The second-order valence-electron chi connectivity index (χ2n) is 7.26. The molecular formula is C19H27NO4. The van der Waals surface area contributed by atoms with Crippen molar-refractivity contribution >= 4 is 0 Å². The van der Waals surface area contributed by atoms with E-state index in [9.17, 15) is 5.11 Å². The molecule has 1 spiro atoms. The first-order valence-electron chi connectivity index (χ1n) is 9.13. The third-order valence-corrected chi connectivity index (χ3v) is 5.59. The topological polar surface area (TPSA) is 51.2 Å². The summed E-state index contributed by atoms with van der Waals surface area (Å²) >= 11 is 0. The van der Waals surface area contributed by atoms with Gasteiger partial charge in [-0.05, 0) is 36.5 Å². The monoisotopic (exact) mass is 333 g/mol. The van der Waals surface area contributed by atoms with Gasteiger partial charge in [-0.3, -0.25) is 4.90 Å². The van der Waals surface area contributed by atoms with Crippen molar-refractivity contribution in [2.75, 3.05) is 39.5 Å². The van der Waals surface area contributed by atoms with Crippen molar-refractivity contribution in [3.05, 3.63) is 29.8 Å². The van der Waals surface area contributed by atoms with E-state index in [1.165, 1.54) is 12.8 Å². The smallest absolute Gasteiger partial charge is 0.168 e. The van der Waals surface area contributed by atoms with Crippen LogP contribution in [-0.4, -0.2) is 55.2 Å². The van der Waals surface area contributed by atoms with Gasteiger partial charge in [-0.15, -0.1) is 0 Å². The van der Waals surface area contributed by atoms with Gasteiger partial charge in [-0.2, -0.15) is 0 Å². The fourth-order valence-corrected chi connectivity index (χ4v) is 4.25. The van der Waals surface area contributed by atoms with Crippen molar-refractivity contribution in [3.8, 4) is 5.75 Å². The molecular weight excluding hydrogens is 306 g/mol. The Morgan fingerprint density at radius 3 is 2.67 bits per heavy atom. The highest BCUT2D eigenvalue weighted by molar-refractivity contribution is 5.29. The molecule has 1 aromatic carbocycles. The zero-order chi connectivity index (χ0) is 16.4. The summed E-state index contributed by atoms with van der Waals surface area (Å²) in [5.41, 5.74) is 1.06. The first-order chi connectivity index (χ1) is 11.7. The molecule has 2 aliphatic heterocycles. The minimum Gasteiger partial charge on any atom is -0.508 e. The lowest BCUT2D eigenvalue weighted by Gasteiger charge is -2.39. The number of benzene rings is 1. The van der Waals surface area contributed by atoms with Gasteiger partial charge in [0.05, 0.1) is 25.9 Å². The van der Waals surface area contributed by atoms with Crippen LogP contribution in [-0.2, 0) is 14.2 Å². The van der Waals surface area contributed by atoms with Crippen LogP contribution < -0.4 is 0 Å². The van der Waals surface area contributed by atoms with E-state index in [1.807, 2.05) is 18.2 Å². The molecule has 1 aromatic rings. The van der Waals surface area contributed by atoms with Crippen LogP contribution in [0.1, 0.15) is 37.4 Å². The summed E-state index contributed by atoms with van der Waals surface area (Å²) in [6.45, 7) is 5.26. The van der Waals surface area contributed by atoms with Crippen molar-refractivity contribution < 1.29 is 19.3 Å². The van der Waals surface area contributed by atoms with Crippen molar-refractivity contribution in [1.82, 2.24) is 4.90 Å². The van der Waals surface area contributed by atoms with Crippen molar-refractivity contribution in [3.63, 3.8) is 0 Å². The van der Waals surface area contributed by atoms with E-state index >= 15 is 0 Å². The van der Waals surface area contributed by atoms with Gasteiger partial charge in [0.2, 0.25) is 0 Å². The SMILES string of the molecule is Oc1cccc([C@H]2CN(CC3CCC4(CC3)OCCO4)CCO2)c1. The van der Waals surface area contributed by atoms with Crippen LogP contribution in [0.15, 0.2) is 24.3 Å². The molecule has 1 atom stereocenters. The van der Waals surface area contributed by atoms with Gasteiger partial charge in [-0.25, -0.2) is 0 Å². The summed E-state index contributed by atoms with van der Waals surface area (Å²) < 4.78 is 17.6. The van der Waals surface area contributed by atoms with Crippen LogP contribution in [0.3, 0.4) is 0 Å². The Labute approximate surface area is 143 Å². The van der Waals surface area contributed by atoms with Gasteiger partial charge >= 0.3 is 0 Å². The van der Waals surface area contributed by atoms with Crippen LogP contribution in [0.4, 0.5) is 0 Å². The molecule has 3 aliphatic rings. The van der Waals surface area contributed by atoms with Gasteiger partial charge in [0.1, 0.15) is 5.75 Å². The number of morpholine rings is 1. The first kappa shape index (κ1) is 16.3. The van der Waals surface area contributed by atoms with Crippen LogP contribution in [0.5, 0.6) is 5.75 Å². The Morgan fingerprint density at radius 2 is 1.92 bits per heavy atom. The van der Waals surface area contributed by atoms with E-state index in [0.717, 1.165) is 57.9 Å². The molecule has 2 heterocycles. The van der Waals surface area contributed by atoms with Crippen molar-refractivity contribution in [1.29, 1.82) is 0 Å². The highest BCUT2D eigenvalue weighted by Gasteiger charge is 2.40. The number of hydrogen-bond acceptors (Lipinski definition) is 5. The maximum atomic E-state index is 9.68. The fraction of sp³-hybridized carbons (Fsp3) is 0.684. The number of phenolic OH excluding ortho intramolecular Hbond substituents is 1. The lowest BCUT2D eigenvalue weighted by Crippen LogP contribution is -2.43. The number of hydrogen-bond donors (Lipinski definition) is 1. The van der Waals surface area contributed by atoms with Crippen LogP contribution >= 0.6 is 0 Å². The minimum absolute atomic E-state index is 0.0577. The molecule has 5 nitrogen and oxygen atoms in total. The minimum atomic E-state index is -0.258. The molecule has 5 heteroatoms. The van der Waals surface area contributed by atoms with Gasteiger partial charge in [-0.1, -0.05) is 12.1 Å². The summed E-state index contributed by atoms with van der Waals surface area (Å²) in [6, 6.07) is 7.44. The van der Waals surface area contributed by atoms with Gasteiger partial charge < -0.3 is 19.3 Å². The molecule has 24 heavy (non-hydrogen) atoms. The number of aromatic hydroxyl groups is 1. The molecule has 3 fully saturated rings. The third-order valence-electron chi connectivity index (χ3n) is 5.59. The number of rotatable bonds is 3. The van der Waals surface area contributed by atoms with Gasteiger partial charge in [0.25, 0.3) is 0 Å². The Hall–Kier alpha value is -1.14. The lowest BCUT2D eigenvalue weighted by atomic mass is 9.84. The predicted octanol–water partition coefficient (Wildman–Crippen LogP) is 2.70. The summed E-state index contributed by atoms with van der Waals surface area (Å²) in [5.74, 6) is 0.764. The Morgan fingerprint density at radius 1 is 1.12 bits per heavy atom. The predicted molar refractivity (Wildman–Crippen MR) is 89.8 cm³/mol. The molecule has 0 amide bonds. The third kappa shape index (κ3) is 3.59. The average Bonchev–Trinajstić information content (AvgIpc) is 3.06. The van der Waals surface area contributed by atoms with Crippen LogP contribution in [0.2, 0.25) is 0 Å². The summed E-state index contributed by atoms with van der Waals surface area (Å²) in [5, 5.41) is 9.68. The van der Waals surface area contributed by atoms with E-state index in [1.54, 1.807) is 6.07 Å². The summed E-state index contributed by atoms with van der Waals surface area (Å²) in [7, 11) is 0. The first-order valence-corrected chi connectivity index (χ1v) is 9.13. The molecule has 1 aliphatic carbocycles. The maximum Gasteiger partial charge on any atom is 0.168 e. The van der Waals surface area contributed by atoms with Crippen molar-refractivity contribution in [2.24, 2.45) is 5.92 Å². The van der Waals surface area contributed by atoms with E-state index in [-0.39, 0.29) is 11.9 Å². The molecule has 0 aromatic heterocycles. The molecule has 4 rings (SSSR count). The maximum absolute atomic E-state index is 9.68. The lowest BCUT2D eigenvalue weighted by molar-refractivity contribution is -0.183. The van der Waals surface area contributed by atoms with Crippen molar-refractivity contribution in [2.45, 2.75) is 37.6 Å². The second kappa shape index (κ2) is 7.00. The summed E-state index contributed by atoms with van der Waals surface area (Å²) in [6.07, 6.45) is 4.46. The normalized spacial score (nSPS) is 28.4. The van der Waals surface area contributed by atoms with E-state index < -0.39 is 0 Å². The van der Waals surface area contributed by atoms with E-state index in [0.29, 0.717) is 11.7 Å². The Kier molecular flexibility index (Phi) is 4.77. The molecule has 0 unspecified atom stereocenters. The standard InChI is InChI=1S/C19H27NO4/c21-17-3-1-2-16(12-17)18-14-20(8-9-22-18)13-15-4-6-19(7-5-15)23-10-11-24-19/h1-3,12,15,18,21H,4-11,13-14H2/t18-/m1/s1. The number of nitrogens with zero attached hydrogens (tertiary/aromatic N) is 1. The molecule has 0 bridgehead atoms.